The number of nitrogens with zero attached hydrogens (tertiary/aromatic N) is 3. The highest BCUT2D eigenvalue weighted by molar-refractivity contribution is 5.76. The fourth-order valence-electron chi connectivity index (χ4n) is 2.40. The normalized spacial score (nSPS) is 10.5. The van der Waals surface area contributed by atoms with E-state index in [0.29, 0.717) is 30.2 Å². The van der Waals surface area contributed by atoms with E-state index in [-0.39, 0.29) is 18.3 Å². The molecule has 0 N–H and O–H groups in total. The molecule has 2 rings (SSSR count). The first-order valence-electron chi connectivity index (χ1n) is 7.62. The third-order valence-corrected chi connectivity index (χ3v) is 3.74. The summed E-state index contributed by atoms with van der Waals surface area (Å²) in [4.78, 5) is 25.9. The van der Waals surface area contributed by atoms with Crippen molar-refractivity contribution in [2.24, 2.45) is 0 Å². The van der Waals surface area contributed by atoms with Gasteiger partial charge in [-0.2, -0.15) is 0 Å². The highest BCUT2D eigenvalue weighted by atomic mass is 16.5. The molecule has 0 unspecified atom stereocenters. The van der Waals surface area contributed by atoms with Gasteiger partial charge in [0.2, 0.25) is 5.91 Å². The molecular formula is C16H21N3O5. The summed E-state index contributed by atoms with van der Waals surface area (Å²) in [5.41, 5.74) is 0.589. The van der Waals surface area contributed by atoms with Gasteiger partial charge in [-0.05, 0) is 32.0 Å². The maximum Gasteiger partial charge on any atom is 0.442 e. The summed E-state index contributed by atoms with van der Waals surface area (Å²) in [6.07, 6.45) is 0. The van der Waals surface area contributed by atoms with Gasteiger partial charge >= 0.3 is 5.76 Å². The molecule has 0 fully saturated rings. The van der Waals surface area contributed by atoms with Crippen molar-refractivity contribution in [2.75, 3.05) is 27.3 Å². The molecule has 0 bridgehead atoms. The summed E-state index contributed by atoms with van der Waals surface area (Å²) in [7, 11) is 3.05. The number of hydrogen-bond acceptors (Lipinski definition) is 6. The van der Waals surface area contributed by atoms with Crippen LogP contribution in [0.2, 0.25) is 0 Å². The average molecular weight is 335 g/mol. The van der Waals surface area contributed by atoms with E-state index >= 15 is 0 Å². The van der Waals surface area contributed by atoms with Gasteiger partial charge in [0.15, 0.2) is 17.3 Å². The lowest BCUT2D eigenvalue weighted by molar-refractivity contribution is -0.131. The van der Waals surface area contributed by atoms with Gasteiger partial charge in [-0.1, -0.05) is 5.16 Å². The first kappa shape index (κ1) is 17.6. The molecule has 0 aliphatic carbocycles. The quantitative estimate of drug-likeness (QED) is 0.760. The van der Waals surface area contributed by atoms with Gasteiger partial charge in [0.05, 0.1) is 14.2 Å². The zero-order chi connectivity index (χ0) is 17.7. The monoisotopic (exact) mass is 335 g/mol. The number of methoxy groups -OCH3 is 2. The van der Waals surface area contributed by atoms with Crippen LogP contribution in [0.4, 0.5) is 0 Å². The predicted molar refractivity (Wildman–Crippen MR) is 87.2 cm³/mol. The molecule has 1 aromatic carbocycles. The number of carbonyl (C=O) groups is 1. The molecule has 1 aromatic heterocycles. The summed E-state index contributed by atoms with van der Waals surface area (Å²) < 4.78 is 16.4. The molecule has 1 amide bonds. The number of likely N-dealkylation sites (N-methyl/N-ethyl adjacent to an activating group) is 1. The molecule has 1 heterocycles. The Hall–Kier alpha value is -2.77. The second-order valence-corrected chi connectivity index (χ2v) is 4.99. The minimum absolute atomic E-state index is 0.131. The SMILES string of the molecule is CCN(CC)C(=O)Cn1c(-c2ccc(OC)c(OC)c2)noc1=O. The fourth-order valence-corrected chi connectivity index (χ4v) is 2.40. The largest absolute Gasteiger partial charge is 0.493 e. The lowest BCUT2D eigenvalue weighted by atomic mass is 10.2. The highest BCUT2D eigenvalue weighted by Gasteiger charge is 2.19. The number of aromatic nitrogens is 2. The van der Waals surface area contributed by atoms with Gasteiger partial charge in [-0.15, -0.1) is 0 Å². The van der Waals surface area contributed by atoms with Crippen molar-refractivity contribution in [2.45, 2.75) is 20.4 Å². The molecule has 0 saturated heterocycles. The standard InChI is InChI=1S/C16H21N3O5/c1-5-18(6-2)14(20)10-19-15(17-24-16(19)21)11-7-8-12(22-3)13(9-11)23-4/h7-9H,5-6,10H2,1-4H3. The van der Waals surface area contributed by atoms with Crippen LogP contribution in [-0.4, -0.2) is 47.8 Å². The zero-order valence-corrected chi connectivity index (χ0v) is 14.2. The first-order valence-corrected chi connectivity index (χ1v) is 7.62. The lowest BCUT2D eigenvalue weighted by Crippen LogP contribution is -2.35. The molecule has 0 radical (unpaired) electrons. The van der Waals surface area contributed by atoms with Crippen LogP contribution in [-0.2, 0) is 11.3 Å². The Labute approximate surface area is 139 Å². The maximum absolute atomic E-state index is 12.3. The molecule has 8 heteroatoms. The van der Waals surface area contributed by atoms with E-state index in [0.717, 1.165) is 0 Å². The molecule has 0 aliphatic rings. The second-order valence-electron chi connectivity index (χ2n) is 4.99. The minimum atomic E-state index is -0.680. The van der Waals surface area contributed by atoms with E-state index in [4.69, 9.17) is 14.0 Å². The Morgan fingerprint density at radius 2 is 1.88 bits per heavy atom. The summed E-state index contributed by atoms with van der Waals surface area (Å²) >= 11 is 0. The third-order valence-electron chi connectivity index (χ3n) is 3.74. The van der Waals surface area contributed by atoms with Crippen LogP contribution in [0, 0.1) is 0 Å². The zero-order valence-electron chi connectivity index (χ0n) is 14.2. The molecule has 0 aliphatic heterocycles. The van der Waals surface area contributed by atoms with E-state index in [1.54, 1.807) is 23.1 Å². The van der Waals surface area contributed by atoms with Gasteiger partial charge in [0.1, 0.15) is 6.54 Å². The Kier molecular flexibility index (Phi) is 5.62. The molecule has 0 atom stereocenters. The topological polar surface area (TPSA) is 86.8 Å². The van der Waals surface area contributed by atoms with Gasteiger partial charge in [-0.3, -0.25) is 9.32 Å². The lowest BCUT2D eigenvalue weighted by Gasteiger charge is -2.18. The van der Waals surface area contributed by atoms with Crippen LogP contribution < -0.4 is 15.2 Å². The Balaban J connectivity index is 2.40. The molecule has 130 valence electrons. The number of benzene rings is 1. The van der Waals surface area contributed by atoms with Crippen molar-refractivity contribution < 1.29 is 18.8 Å². The molecule has 2 aromatic rings. The predicted octanol–water partition coefficient (Wildman–Crippen LogP) is 1.39. The van der Waals surface area contributed by atoms with Crippen LogP contribution in [0.5, 0.6) is 11.5 Å². The fraction of sp³-hybridized carbons (Fsp3) is 0.438. The van der Waals surface area contributed by atoms with E-state index in [1.807, 2.05) is 13.8 Å². The highest BCUT2D eigenvalue weighted by Crippen LogP contribution is 2.31. The summed E-state index contributed by atoms with van der Waals surface area (Å²) in [5, 5.41) is 3.79. The van der Waals surface area contributed by atoms with Gasteiger partial charge in [0, 0.05) is 18.7 Å². The van der Waals surface area contributed by atoms with E-state index in [2.05, 4.69) is 5.16 Å². The van der Waals surface area contributed by atoms with Gasteiger partial charge in [0.25, 0.3) is 0 Å². The smallest absolute Gasteiger partial charge is 0.442 e. The van der Waals surface area contributed by atoms with Crippen molar-refractivity contribution in [3.63, 3.8) is 0 Å². The summed E-state index contributed by atoms with van der Waals surface area (Å²) in [6.45, 7) is 4.77. The van der Waals surface area contributed by atoms with Crippen molar-refractivity contribution >= 4 is 5.91 Å². The minimum Gasteiger partial charge on any atom is -0.493 e. The maximum atomic E-state index is 12.3. The van der Waals surface area contributed by atoms with E-state index in [9.17, 15) is 9.59 Å². The van der Waals surface area contributed by atoms with Crippen LogP contribution >= 0.6 is 0 Å². The first-order chi connectivity index (χ1) is 11.5. The van der Waals surface area contributed by atoms with E-state index in [1.165, 1.54) is 18.8 Å². The molecule has 0 saturated carbocycles. The van der Waals surface area contributed by atoms with Crippen LogP contribution in [0.1, 0.15) is 13.8 Å². The van der Waals surface area contributed by atoms with Crippen LogP contribution in [0.15, 0.2) is 27.5 Å². The number of carbonyl (C=O) groups excluding carboxylic acids is 1. The Bertz CT molecular complexity index is 761. The van der Waals surface area contributed by atoms with Crippen molar-refractivity contribution in [3.8, 4) is 22.9 Å². The molecule has 0 spiro atoms. The van der Waals surface area contributed by atoms with Crippen molar-refractivity contribution in [3.05, 3.63) is 28.7 Å². The average Bonchev–Trinajstić information content (AvgIpc) is 2.96. The second kappa shape index (κ2) is 7.67. The molecule has 24 heavy (non-hydrogen) atoms. The van der Waals surface area contributed by atoms with Gasteiger partial charge < -0.3 is 14.4 Å². The number of hydrogen-bond donors (Lipinski definition) is 0. The molecule has 8 nitrogen and oxygen atoms in total. The number of rotatable bonds is 7. The van der Waals surface area contributed by atoms with Crippen molar-refractivity contribution in [1.82, 2.24) is 14.6 Å². The molecular weight excluding hydrogens is 314 g/mol. The van der Waals surface area contributed by atoms with E-state index < -0.39 is 5.76 Å². The Morgan fingerprint density at radius 3 is 2.46 bits per heavy atom. The summed E-state index contributed by atoms with van der Waals surface area (Å²) in [6, 6.07) is 5.09. The third kappa shape index (κ3) is 3.42. The summed E-state index contributed by atoms with van der Waals surface area (Å²) in [5.74, 6) is 0.457. The van der Waals surface area contributed by atoms with Crippen LogP contribution in [0.25, 0.3) is 11.4 Å². The van der Waals surface area contributed by atoms with Gasteiger partial charge in [-0.25, -0.2) is 9.36 Å². The number of ether oxygens (including phenoxy) is 2. The Morgan fingerprint density at radius 1 is 1.21 bits per heavy atom. The number of amides is 1. The van der Waals surface area contributed by atoms with Crippen LogP contribution in [0.3, 0.4) is 0 Å². The van der Waals surface area contributed by atoms with Crippen molar-refractivity contribution in [1.29, 1.82) is 0 Å².